The van der Waals surface area contributed by atoms with Gasteiger partial charge in [-0.3, -0.25) is 14.9 Å². The molecule has 0 bridgehead atoms. The zero-order chi connectivity index (χ0) is 12.3. The lowest BCUT2D eigenvalue weighted by atomic mass is 10.1. The van der Waals surface area contributed by atoms with E-state index in [0.717, 1.165) is 5.56 Å². The molecule has 1 aromatic rings. The molecule has 0 unspecified atom stereocenters. The Balaban J connectivity index is 2.29. The summed E-state index contributed by atoms with van der Waals surface area (Å²) in [7, 11) is 0. The Morgan fingerprint density at radius 1 is 1.06 bits per heavy atom. The molecule has 0 saturated carbocycles. The van der Waals surface area contributed by atoms with Gasteiger partial charge in [-0.05, 0) is 17.9 Å². The molecule has 1 aliphatic rings. The zero-order valence-electron chi connectivity index (χ0n) is 9.27. The van der Waals surface area contributed by atoms with Gasteiger partial charge in [0.1, 0.15) is 0 Å². The Morgan fingerprint density at radius 2 is 1.76 bits per heavy atom. The monoisotopic (exact) mass is 245 g/mol. The van der Waals surface area contributed by atoms with Crippen molar-refractivity contribution in [2.24, 2.45) is 0 Å². The molecule has 2 amide bonds. The minimum absolute atomic E-state index is 0.310. The number of thioether (sulfide) groups is 1. The van der Waals surface area contributed by atoms with Crippen molar-refractivity contribution in [3.63, 3.8) is 0 Å². The van der Waals surface area contributed by atoms with E-state index in [9.17, 15) is 9.59 Å². The normalized spacial score (nSPS) is 15.8. The first-order valence-corrected chi connectivity index (χ1v) is 6.32. The van der Waals surface area contributed by atoms with Gasteiger partial charge in [-0.15, -0.1) is 11.8 Å². The van der Waals surface area contributed by atoms with E-state index in [2.05, 4.69) is 5.32 Å². The maximum Gasteiger partial charge on any atom is 0.265 e. The number of hydrogen-bond acceptors (Lipinski definition) is 3. The first kappa shape index (κ1) is 11.7. The summed E-state index contributed by atoms with van der Waals surface area (Å²) in [4.78, 5) is 23.4. The molecule has 17 heavy (non-hydrogen) atoms. The second kappa shape index (κ2) is 5.01. The number of imide groups is 1. The molecule has 0 atom stereocenters. The summed E-state index contributed by atoms with van der Waals surface area (Å²) in [5, 5.41) is 2.28. The molecule has 3 nitrogen and oxygen atoms in total. The summed E-state index contributed by atoms with van der Waals surface area (Å²) >= 11 is 1.28. The number of hydrogen-bond donors (Lipinski definition) is 1. The number of carbonyl (C=O) groups is 2. The minimum Gasteiger partial charge on any atom is -0.288 e. The van der Waals surface area contributed by atoms with E-state index in [0.29, 0.717) is 10.5 Å². The highest BCUT2D eigenvalue weighted by molar-refractivity contribution is 8.03. The van der Waals surface area contributed by atoms with Crippen LogP contribution >= 0.6 is 11.8 Å². The van der Waals surface area contributed by atoms with Crippen LogP contribution < -0.4 is 5.32 Å². The number of rotatable bonds is 3. The third-order valence-corrected chi connectivity index (χ3v) is 3.18. The Labute approximate surface area is 104 Å². The van der Waals surface area contributed by atoms with Gasteiger partial charge >= 0.3 is 0 Å². The largest absolute Gasteiger partial charge is 0.288 e. The first-order chi connectivity index (χ1) is 8.22. The average Bonchev–Trinajstić information content (AvgIpc) is 2.62. The van der Waals surface area contributed by atoms with E-state index < -0.39 is 0 Å². The summed E-state index contributed by atoms with van der Waals surface area (Å²) in [5.41, 5.74) is 1.43. The molecule has 0 radical (unpaired) electrons. The molecule has 0 aromatic heterocycles. The molecular formula is C13H11NO2S. The van der Waals surface area contributed by atoms with Crippen molar-refractivity contribution in [3.05, 3.63) is 52.4 Å². The Morgan fingerprint density at radius 3 is 2.41 bits per heavy atom. The summed E-state index contributed by atoms with van der Waals surface area (Å²) in [6.45, 7) is 0. The number of benzene rings is 1. The highest BCUT2D eigenvalue weighted by Gasteiger charge is 2.27. The Bertz CT molecular complexity index is 517. The molecular weight excluding hydrogens is 234 g/mol. The molecule has 4 heteroatoms. The van der Waals surface area contributed by atoms with E-state index in [-0.39, 0.29) is 11.8 Å². The summed E-state index contributed by atoms with van der Waals surface area (Å²) in [6, 6.07) is 9.64. The van der Waals surface area contributed by atoms with E-state index in [1.165, 1.54) is 11.8 Å². The van der Waals surface area contributed by atoms with Gasteiger partial charge < -0.3 is 0 Å². The van der Waals surface area contributed by atoms with Crippen LogP contribution in [0, 0.1) is 0 Å². The van der Waals surface area contributed by atoms with E-state index in [4.69, 9.17) is 0 Å². The highest BCUT2D eigenvalue weighted by Crippen LogP contribution is 2.23. The summed E-state index contributed by atoms with van der Waals surface area (Å²) < 4.78 is 0. The van der Waals surface area contributed by atoms with Crippen LogP contribution in [0.3, 0.4) is 0 Å². The van der Waals surface area contributed by atoms with Gasteiger partial charge in [0.2, 0.25) is 0 Å². The van der Waals surface area contributed by atoms with Crippen LogP contribution in [-0.2, 0) is 9.59 Å². The van der Waals surface area contributed by atoms with Gasteiger partial charge in [-0.1, -0.05) is 36.4 Å². The van der Waals surface area contributed by atoms with Gasteiger partial charge in [-0.2, -0.15) is 0 Å². The quantitative estimate of drug-likeness (QED) is 0.828. The number of nitrogens with one attached hydrogen (secondary N) is 1. The van der Waals surface area contributed by atoms with Crippen molar-refractivity contribution in [1.82, 2.24) is 5.32 Å². The second-order valence-electron chi connectivity index (χ2n) is 3.47. The number of amides is 2. The molecule has 0 aliphatic carbocycles. The van der Waals surface area contributed by atoms with Crippen LogP contribution in [0.15, 0.2) is 46.9 Å². The van der Waals surface area contributed by atoms with Crippen LogP contribution in [0.2, 0.25) is 0 Å². The molecule has 1 aliphatic heterocycles. The third-order valence-electron chi connectivity index (χ3n) is 2.37. The summed E-state index contributed by atoms with van der Waals surface area (Å²) in [6.07, 6.45) is 5.29. The molecule has 2 rings (SSSR count). The maximum absolute atomic E-state index is 11.5. The first-order valence-electron chi connectivity index (χ1n) is 5.09. The van der Waals surface area contributed by atoms with Gasteiger partial charge in [0.05, 0.1) is 10.5 Å². The highest BCUT2D eigenvalue weighted by atomic mass is 32.2. The fourth-order valence-corrected chi connectivity index (χ4v) is 2.17. The van der Waals surface area contributed by atoms with Crippen LogP contribution in [0.25, 0.3) is 6.08 Å². The maximum atomic E-state index is 11.5. The van der Waals surface area contributed by atoms with Crippen molar-refractivity contribution in [3.8, 4) is 0 Å². The van der Waals surface area contributed by atoms with E-state index in [1.54, 1.807) is 12.3 Å². The fraction of sp³-hybridized carbons (Fsp3) is 0.0769. The smallest absolute Gasteiger partial charge is 0.265 e. The van der Waals surface area contributed by atoms with Gasteiger partial charge in [0, 0.05) is 0 Å². The average molecular weight is 245 g/mol. The van der Waals surface area contributed by atoms with Crippen LogP contribution in [0.1, 0.15) is 5.56 Å². The predicted molar refractivity (Wildman–Crippen MR) is 69.2 cm³/mol. The molecule has 1 N–H and O–H groups in total. The van der Waals surface area contributed by atoms with Crippen molar-refractivity contribution in [2.45, 2.75) is 0 Å². The van der Waals surface area contributed by atoms with Crippen molar-refractivity contribution < 1.29 is 9.59 Å². The second-order valence-corrected chi connectivity index (χ2v) is 4.29. The lowest BCUT2D eigenvalue weighted by molar-refractivity contribution is -0.123. The van der Waals surface area contributed by atoms with E-state index >= 15 is 0 Å². The molecule has 86 valence electrons. The van der Waals surface area contributed by atoms with Crippen molar-refractivity contribution in [2.75, 3.05) is 6.26 Å². The topological polar surface area (TPSA) is 46.2 Å². The third kappa shape index (κ3) is 2.47. The standard InChI is InChI=1S/C13H11NO2S/c1-17-11-10(12(15)14-13(11)16)8-7-9-5-3-2-4-6-9/h2-8H,1H3,(H,14,15,16)/b8-7+. The summed E-state index contributed by atoms with van der Waals surface area (Å²) in [5.74, 6) is -0.637. The Kier molecular flexibility index (Phi) is 3.44. The SMILES string of the molecule is CSC1=C(/C=C/c2ccccc2)C(=O)NC1=O. The van der Waals surface area contributed by atoms with Gasteiger partial charge in [0.15, 0.2) is 0 Å². The van der Waals surface area contributed by atoms with Crippen LogP contribution in [-0.4, -0.2) is 18.1 Å². The fourth-order valence-electron chi connectivity index (χ4n) is 1.55. The van der Waals surface area contributed by atoms with Gasteiger partial charge in [0.25, 0.3) is 11.8 Å². The Hall–Kier alpha value is -1.81. The van der Waals surface area contributed by atoms with Crippen LogP contribution in [0.5, 0.6) is 0 Å². The van der Waals surface area contributed by atoms with E-state index in [1.807, 2.05) is 36.4 Å². The molecule has 0 fully saturated rings. The van der Waals surface area contributed by atoms with Crippen molar-refractivity contribution >= 4 is 29.7 Å². The molecule has 1 aromatic carbocycles. The number of carbonyl (C=O) groups excluding carboxylic acids is 2. The van der Waals surface area contributed by atoms with Crippen molar-refractivity contribution in [1.29, 1.82) is 0 Å². The lowest BCUT2D eigenvalue weighted by Crippen LogP contribution is -2.22. The lowest BCUT2D eigenvalue weighted by Gasteiger charge is -1.94. The zero-order valence-corrected chi connectivity index (χ0v) is 10.1. The predicted octanol–water partition coefficient (Wildman–Crippen LogP) is 1.97. The molecule has 1 heterocycles. The molecule has 0 spiro atoms. The molecule has 0 saturated heterocycles. The minimum atomic E-state index is -0.327. The van der Waals surface area contributed by atoms with Gasteiger partial charge in [-0.25, -0.2) is 0 Å². The van der Waals surface area contributed by atoms with Crippen LogP contribution in [0.4, 0.5) is 0 Å².